The van der Waals surface area contributed by atoms with Crippen LogP contribution in [0.5, 0.6) is 0 Å². The number of hydrogen-bond donors (Lipinski definition) is 0. The summed E-state index contributed by atoms with van der Waals surface area (Å²) in [4.78, 5) is 5.35. The van der Waals surface area contributed by atoms with E-state index in [-0.39, 0.29) is 0 Å². The van der Waals surface area contributed by atoms with Crippen molar-refractivity contribution in [2.75, 3.05) is 0 Å². The van der Waals surface area contributed by atoms with Crippen LogP contribution in [-0.2, 0) is 0 Å². The molecule has 0 aliphatic heterocycles. The maximum Gasteiger partial charge on any atom is 0.100 e. The zero-order chi connectivity index (χ0) is 16.1. The maximum absolute atomic E-state index is 4.54. The molecule has 0 radical (unpaired) electrons. The van der Waals surface area contributed by atoms with Crippen molar-refractivity contribution in [3.05, 3.63) is 87.9 Å². The third kappa shape index (κ3) is 3.60. The van der Waals surface area contributed by atoms with E-state index in [0.29, 0.717) is 0 Å². The van der Waals surface area contributed by atoms with Crippen LogP contribution < -0.4 is 0 Å². The van der Waals surface area contributed by atoms with Gasteiger partial charge in [-0.05, 0) is 13.8 Å². The van der Waals surface area contributed by atoms with Crippen LogP contribution in [-0.4, -0.2) is 16.4 Å². The van der Waals surface area contributed by atoms with E-state index in [1.807, 2.05) is 55.8 Å². The van der Waals surface area contributed by atoms with E-state index in [9.17, 15) is 0 Å². The van der Waals surface area contributed by atoms with Crippen molar-refractivity contribution in [3.63, 3.8) is 0 Å². The second kappa shape index (κ2) is 7.11. The first-order chi connectivity index (χ1) is 11.3. The normalized spacial score (nSPS) is 11.3. The van der Waals surface area contributed by atoms with Crippen LogP contribution in [0.3, 0.4) is 0 Å². The highest BCUT2D eigenvalue weighted by Crippen LogP contribution is 2.15. The molecule has 4 heteroatoms. The second-order valence-corrected chi connectivity index (χ2v) is 5.99. The molecule has 3 rings (SSSR count). The Morgan fingerprint density at radius 1 is 0.870 bits per heavy atom. The monoisotopic (exact) mass is 319 g/mol. The summed E-state index contributed by atoms with van der Waals surface area (Å²) < 4.78 is 0. The smallest absolute Gasteiger partial charge is 0.100 e. The molecule has 0 N–H and O–H groups in total. The van der Waals surface area contributed by atoms with Crippen molar-refractivity contribution in [3.8, 4) is 0 Å². The summed E-state index contributed by atoms with van der Waals surface area (Å²) in [7, 11) is 0. The zero-order valence-electron chi connectivity index (χ0n) is 13.1. The zero-order valence-corrected chi connectivity index (χ0v) is 13.9. The van der Waals surface area contributed by atoms with Gasteiger partial charge in [0.2, 0.25) is 0 Å². The van der Waals surface area contributed by atoms with E-state index >= 15 is 0 Å². The number of hydrogen-bond acceptors (Lipinski definition) is 4. The molecule has 0 saturated heterocycles. The molecule has 0 unspecified atom stereocenters. The Balaban J connectivity index is 2.04. The summed E-state index contributed by atoms with van der Waals surface area (Å²) >= 11 is 1.59. The van der Waals surface area contributed by atoms with E-state index < -0.39 is 0 Å². The van der Waals surface area contributed by atoms with Crippen LogP contribution >= 0.6 is 11.3 Å². The van der Waals surface area contributed by atoms with Gasteiger partial charge >= 0.3 is 0 Å². The molecule has 114 valence electrons. The highest BCUT2D eigenvalue weighted by Gasteiger charge is 2.08. The van der Waals surface area contributed by atoms with E-state index in [1.54, 1.807) is 11.3 Å². The SMILES string of the molecule is CC(=NN=C(c1ccccc1)c1ccccc1)c1scnc1C. The van der Waals surface area contributed by atoms with E-state index in [1.165, 1.54) is 0 Å². The van der Waals surface area contributed by atoms with Gasteiger partial charge in [0.05, 0.1) is 21.8 Å². The van der Waals surface area contributed by atoms with E-state index in [2.05, 4.69) is 39.5 Å². The first-order valence-corrected chi connectivity index (χ1v) is 8.27. The third-order valence-electron chi connectivity index (χ3n) is 3.47. The molecule has 1 aromatic heterocycles. The number of aryl methyl sites for hydroxylation is 1. The molecule has 23 heavy (non-hydrogen) atoms. The minimum atomic E-state index is 0.868. The lowest BCUT2D eigenvalue weighted by molar-refractivity contribution is 1.21. The van der Waals surface area contributed by atoms with Crippen LogP contribution in [0.1, 0.15) is 28.6 Å². The summed E-state index contributed by atoms with van der Waals surface area (Å²) in [6.07, 6.45) is 0. The largest absolute Gasteiger partial charge is 0.249 e. The fraction of sp³-hybridized carbons (Fsp3) is 0.105. The molecule has 3 nitrogen and oxygen atoms in total. The predicted molar refractivity (Wildman–Crippen MR) is 97.6 cm³/mol. The molecule has 0 bridgehead atoms. The average Bonchev–Trinajstić information content (AvgIpc) is 3.03. The van der Waals surface area contributed by atoms with E-state index in [4.69, 9.17) is 0 Å². The number of nitrogens with zero attached hydrogens (tertiary/aromatic N) is 3. The molecule has 0 aliphatic rings. The fourth-order valence-electron chi connectivity index (χ4n) is 2.29. The lowest BCUT2D eigenvalue weighted by Crippen LogP contribution is -2.03. The first-order valence-electron chi connectivity index (χ1n) is 7.39. The molecular formula is C19H17N3S. The molecule has 0 amide bonds. The van der Waals surface area contributed by atoms with E-state index in [0.717, 1.165) is 33.1 Å². The number of aromatic nitrogens is 1. The lowest BCUT2D eigenvalue weighted by atomic mass is 10.0. The molecule has 3 aromatic rings. The van der Waals surface area contributed by atoms with Crippen LogP contribution in [0, 0.1) is 6.92 Å². The van der Waals surface area contributed by atoms with Gasteiger partial charge in [0, 0.05) is 11.1 Å². The van der Waals surface area contributed by atoms with Crippen molar-refractivity contribution in [2.45, 2.75) is 13.8 Å². The highest BCUT2D eigenvalue weighted by atomic mass is 32.1. The summed E-state index contributed by atoms with van der Waals surface area (Å²) in [5.74, 6) is 0. The van der Waals surface area contributed by atoms with Gasteiger partial charge in [-0.1, -0.05) is 60.7 Å². The molecule has 0 aliphatic carbocycles. The van der Waals surface area contributed by atoms with Gasteiger partial charge in [0.1, 0.15) is 5.71 Å². The van der Waals surface area contributed by atoms with Crippen molar-refractivity contribution < 1.29 is 0 Å². The van der Waals surface area contributed by atoms with Gasteiger partial charge in [0.15, 0.2) is 0 Å². The average molecular weight is 319 g/mol. The quantitative estimate of drug-likeness (QED) is 0.507. The van der Waals surface area contributed by atoms with Gasteiger partial charge in [-0.25, -0.2) is 4.98 Å². The van der Waals surface area contributed by atoms with Crippen molar-refractivity contribution >= 4 is 22.8 Å². The maximum atomic E-state index is 4.54. The van der Waals surface area contributed by atoms with Crippen molar-refractivity contribution in [1.29, 1.82) is 0 Å². The Hall–Kier alpha value is -2.59. The molecule has 1 heterocycles. The summed E-state index contributed by atoms with van der Waals surface area (Å²) in [6.45, 7) is 3.96. The van der Waals surface area contributed by atoms with Crippen LogP contribution in [0.4, 0.5) is 0 Å². The Labute approximate surface area is 140 Å². The first kappa shape index (κ1) is 15.3. The van der Waals surface area contributed by atoms with Crippen LogP contribution in [0.2, 0.25) is 0 Å². The van der Waals surface area contributed by atoms with Crippen LogP contribution in [0.15, 0.2) is 76.4 Å². The molecule has 0 saturated carbocycles. The molecular weight excluding hydrogens is 302 g/mol. The van der Waals surface area contributed by atoms with Gasteiger partial charge in [0.25, 0.3) is 0 Å². The van der Waals surface area contributed by atoms with Crippen molar-refractivity contribution in [1.82, 2.24) is 4.98 Å². The van der Waals surface area contributed by atoms with Gasteiger partial charge < -0.3 is 0 Å². The Kier molecular flexibility index (Phi) is 4.74. The van der Waals surface area contributed by atoms with Gasteiger partial charge in [-0.2, -0.15) is 5.10 Å². The lowest BCUT2D eigenvalue weighted by Gasteiger charge is -2.05. The minimum absolute atomic E-state index is 0.868. The Morgan fingerprint density at radius 2 is 1.43 bits per heavy atom. The van der Waals surface area contributed by atoms with Crippen LogP contribution in [0.25, 0.3) is 0 Å². The summed E-state index contributed by atoms with van der Waals surface area (Å²) in [6, 6.07) is 20.2. The second-order valence-electron chi connectivity index (χ2n) is 5.13. The Morgan fingerprint density at radius 3 is 1.91 bits per heavy atom. The number of thiazole rings is 1. The molecule has 0 fully saturated rings. The number of rotatable bonds is 4. The summed E-state index contributed by atoms with van der Waals surface area (Å²) in [5.41, 5.74) is 6.69. The fourth-order valence-corrected chi connectivity index (χ4v) is 3.04. The van der Waals surface area contributed by atoms with Gasteiger partial charge in [-0.3, -0.25) is 0 Å². The third-order valence-corrected chi connectivity index (χ3v) is 4.51. The topological polar surface area (TPSA) is 37.6 Å². The van der Waals surface area contributed by atoms with Gasteiger partial charge in [-0.15, -0.1) is 16.4 Å². The summed E-state index contributed by atoms with van der Waals surface area (Å²) in [5, 5.41) is 9.00. The standard InChI is InChI=1S/C19H17N3S/c1-14-19(23-13-20-14)15(2)21-22-18(16-9-5-3-6-10-16)17-11-7-4-8-12-17/h3-13H,1-2H3. The molecule has 0 spiro atoms. The molecule has 2 aromatic carbocycles. The highest BCUT2D eigenvalue weighted by molar-refractivity contribution is 7.12. The Bertz CT molecular complexity index is 792. The predicted octanol–water partition coefficient (Wildman–Crippen LogP) is 4.71. The minimum Gasteiger partial charge on any atom is -0.249 e. The number of benzene rings is 2. The van der Waals surface area contributed by atoms with Crippen molar-refractivity contribution in [2.24, 2.45) is 10.2 Å². The molecule has 0 atom stereocenters.